The van der Waals surface area contributed by atoms with Crippen LogP contribution in [0.3, 0.4) is 0 Å². The molecule has 0 bridgehead atoms. The van der Waals surface area contributed by atoms with Crippen molar-refractivity contribution in [3.8, 4) is 17.3 Å². The van der Waals surface area contributed by atoms with Gasteiger partial charge in [-0.25, -0.2) is 14.8 Å². The maximum Gasteiger partial charge on any atom is 0.341 e. The lowest BCUT2D eigenvalue weighted by atomic mass is 10.3. The van der Waals surface area contributed by atoms with Crippen LogP contribution >= 0.6 is 0 Å². The Labute approximate surface area is 96.7 Å². The van der Waals surface area contributed by atoms with Gasteiger partial charge in [-0.1, -0.05) is 0 Å². The zero-order valence-electron chi connectivity index (χ0n) is 9.07. The molecule has 88 valence electrons. The van der Waals surface area contributed by atoms with E-state index in [4.69, 9.17) is 9.84 Å². The van der Waals surface area contributed by atoms with E-state index in [-0.39, 0.29) is 5.88 Å². The van der Waals surface area contributed by atoms with Gasteiger partial charge in [0.05, 0.1) is 11.4 Å². The molecule has 7 heteroatoms. The summed E-state index contributed by atoms with van der Waals surface area (Å²) in [6.45, 7) is -0.416. The predicted molar refractivity (Wildman–Crippen MR) is 57.4 cm³/mol. The molecular weight excluding hydrogens is 224 g/mol. The third kappa shape index (κ3) is 2.57. The van der Waals surface area contributed by atoms with E-state index in [9.17, 15) is 4.79 Å². The third-order valence-electron chi connectivity index (χ3n) is 2.05. The van der Waals surface area contributed by atoms with Crippen molar-refractivity contribution in [1.29, 1.82) is 0 Å². The Hall–Kier alpha value is -2.44. The van der Waals surface area contributed by atoms with E-state index in [1.165, 1.54) is 6.33 Å². The van der Waals surface area contributed by atoms with E-state index in [1.807, 2.05) is 0 Å². The molecule has 0 spiro atoms. The molecule has 2 aromatic heterocycles. The topological polar surface area (TPSA) is 90.1 Å². The predicted octanol–water partition coefficient (Wildman–Crippen LogP) is 0.340. The lowest BCUT2D eigenvalue weighted by Gasteiger charge is -1.97. The molecule has 0 fully saturated rings. The molecule has 2 rings (SSSR count). The smallest absolute Gasteiger partial charge is 0.341 e. The normalized spacial score (nSPS) is 10.2. The lowest BCUT2D eigenvalue weighted by Crippen LogP contribution is -2.09. The number of aromatic nitrogens is 4. The van der Waals surface area contributed by atoms with Crippen molar-refractivity contribution in [3.05, 3.63) is 24.7 Å². The zero-order valence-corrected chi connectivity index (χ0v) is 9.07. The highest BCUT2D eigenvalue weighted by Gasteiger charge is 2.10. The molecule has 0 radical (unpaired) electrons. The molecular formula is C10H10N4O3. The van der Waals surface area contributed by atoms with Gasteiger partial charge in [0.2, 0.25) is 5.88 Å². The first-order valence-corrected chi connectivity index (χ1v) is 4.82. The first-order chi connectivity index (χ1) is 8.16. The summed E-state index contributed by atoms with van der Waals surface area (Å²) in [5.74, 6) is -0.789. The van der Waals surface area contributed by atoms with Crippen molar-refractivity contribution >= 4 is 5.97 Å². The number of rotatable bonds is 4. The van der Waals surface area contributed by atoms with Gasteiger partial charge in [-0.2, -0.15) is 0 Å². The van der Waals surface area contributed by atoms with Crippen molar-refractivity contribution in [3.63, 3.8) is 0 Å². The van der Waals surface area contributed by atoms with Crippen molar-refractivity contribution < 1.29 is 14.6 Å². The van der Waals surface area contributed by atoms with E-state index in [0.29, 0.717) is 5.69 Å². The number of carbonyl (C=O) groups is 1. The van der Waals surface area contributed by atoms with Crippen molar-refractivity contribution in [2.75, 3.05) is 6.61 Å². The van der Waals surface area contributed by atoms with Gasteiger partial charge < -0.3 is 9.84 Å². The van der Waals surface area contributed by atoms with Crippen LogP contribution in [0.15, 0.2) is 24.7 Å². The van der Waals surface area contributed by atoms with E-state index >= 15 is 0 Å². The van der Waals surface area contributed by atoms with Gasteiger partial charge in [0.15, 0.2) is 6.61 Å². The van der Waals surface area contributed by atoms with Crippen molar-refractivity contribution in [2.24, 2.45) is 7.05 Å². The van der Waals surface area contributed by atoms with Crippen molar-refractivity contribution in [2.45, 2.75) is 0 Å². The average molecular weight is 234 g/mol. The highest BCUT2D eigenvalue weighted by molar-refractivity contribution is 5.68. The Morgan fingerprint density at radius 3 is 3.06 bits per heavy atom. The second-order valence-corrected chi connectivity index (χ2v) is 3.27. The van der Waals surface area contributed by atoms with Gasteiger partial charge in [-0.3, -0.25) is 4.68 Å². The van der Waals surface area contributed by atoms with E-state index < -0.39 is 12.6 Å². The molecule has 0 aromatic carbocycles. The molecule has 2 heterocycles. The fraction of sp³-hybridized carbons (Fsp3) is 0.200. The summed E-state index contributed by atoms with van der Waals surface area (Å²) in [6.07, 6.45) is 3.05. The number of hydrogen-bond acceptors (Lipinski definition) is 5. The molecule has 7 nitrogen and oxygen atoms in total. The first-order valence-electron chi connectivity index (χ1n) is 4.82. The Kier molecular flexibility index (Phi) is 2.99. The summed E-state index contributed by atoms with van der Waals surface area (Å²) in [4.78, 5) is 18.2. The van der Waals surface area contributed by atoms with Gasteiger partial charge in [0.25, 0.3) is 0 Å². The van der Waals surface area contributed by atoms with Crippen LogP contribution in [0.5, 0.6) is 5.88 Å². The van der Waals surface area contributed by atoms with Gasteiger partial charge in [-0.15, -0.1) is 5.10 Å². The second-order valence-electron chi connectivity index (χ2n) is 3.27. The van der Waals surface area contributed by atoms with E-state index in [1.54, 1.807) is 30.1 Å². The Bertz CT molecular complexity index is 524. The highest BCUT2D eigenvalue weighted by Crippen LogP contribution is 2.20. The van der Waals surface area contributed by atoms with Crippen molar-refractivity contribution in [1.82, 2.24) is 19.7 Å². The minimum absolute atomic E-state index is 0.253. The number of carboxylic acids is 1. The minimum Gasteiger partial charge on any atom is -0.479 e. The lowest BCUT2D eigenvalue weighted by molar-refractivity contribution is -0.139. The van der Waals surface area contributed by atoms with Gasteiger partial charge in [0, 0.05) is 19.3 Å². The number of hydrogen-bond donors (Lipinski definition) is 1. The molecule has 0 aliphatic heterocycles. The molecule has 17 heavy (non-hydrogen) atoms. The summed E-state index contributed by atoms with van der Waals surface area (Å²) in [6, 6.07) is 3.36. The average Bonchev–Trinajstić information content (AvgIpc) is 2.69. The molecule has 0 amide bonds. The van der Waals surface area contributed by atoms with Crippen LogP contribution in [-0.4, -0.2) is 37.4 Å². The number of carboxylic acid groups (broad SMARTS) is 1. The van der Waals surface area contributed by atoms with Crippen LogP contribution in [0.25, 0.3) is 11.4 Å². The minimum atomic E-state index is -1.04. The monoisotopic (exact) mass is 234 g/mol. The number of ether oxygens (including phenoxy) is 1. The first kappa shape index (κ1) is 11.1. The van der Waals surface area contributed by atoms with Gasteiger partial charge >= 0.3 is 5.97 Å². The number of aliphatic carboxylic acids is 1. The quantitative estimate of drug-likeness (QED) is 0.820. The maximum absolute atomic E-state index is 10.4. The molecule has 0 unspecified atom stereocenters. The summed E-state index contributed by atoms with van der Waals surface area (Å²) in [5, 5.41) is 12.5. The Morgan fingerprint density at radius 2 is 2.41 bits per heavy atom. The summed E-state index contributed by atoms with van der Waals surface area (Å²) in [7, 11) is 1.73. The Morgan fingerprint density at radius 1 is 1.59 bits per heavy atom. The van der Waals surface area contributed by atoms with E-state index in [2.05, 4.69) is 15.1 Å². The largest absolute Gasteiger partial charge is 0.479 e. The van der Waals surface area contributed by atoms with Crippen LogP contribution in [0.4, 0.5) is 0 Å². The standard InChI is InChI=1S/C10H10N4O3/c1-14-8(7-2-3-11-6-12-7)4-9(13-14)17-5-10(15)16/h2-4,6H,5H2,1H3,(H,15,16). The number of aryl methyl sites for hydroxylation is 1. The Balaban J connectivity index is 2.22. The number of nitrogens with zero attached hydrogens (tertiary/aromatic N) is 4. The van der Waals surface area contributed by atoms with Crippen LogP contribution in [0.1, 0.15) is 0 Å². The summed E-state index contributed by atoms with van der Waals surface area (Å²) < 4.78 is 6.54. The fourth-order valence-corrected chi connectivity index (χ4v) is 1.33. The zero-order chi connectivity index (χ0) is 12.3. The molecule has 0 aliphatic carbocycles. The third-order valence-corrected chi connectivity index (χ3v) is 2.05. The second kappa shape index (κ2) is 4.60. The highest BCUT2D eigenvalue weighted by atomic mass is 16.5. The fourth-order valence-electron chi connectivity index (χ4n) is 1.33. The van der Waals surface area contributed by atoms with E-state index in [0.717, 1.165) is 5.69 Å². The van der Waals surface area contributed by atoms with Crippen LogP contribution in [0, 0.1) is 0 Å². The van der Waals surface area contributed by atoms with Gasteiger partial charge in [0.1, 0.15) is 6.33 Å². The molecule has 2 aromatic rings. The van der Waals surface area contributed by atoms with Crippen LogP contribution in [-0.2, 0) is 11.8 Å². The molecule has 0 atom stereocenters. The summed E-state index contributed by atoms with van der Waals surface area (Å²) >= 11 is 0. The van der Waals surface area contributed by atoms with Gasteiger partial charge in [-0.05, 0) is 6.07 Å². The molecule has 0 aliphatic rings. The van der Waals surface area contributed by atoms with Crippen LogP contribution < -0.4 is 4.74 Å². The molecule has 1 N–H and O–H groups in total. The maximum atomic E-state index is 10.4. The summed E-state index contributed by atoms with van der Waals surface area (Å²) in [5.41, 5.74) is 1.42. The molecule has 0 saturated carbocycles. The van der Waals surface area contributed by atoms with Crippen LogP contribution in [0.2, 0.25) is 0 Å². The SMILES string of the molecule is Cn1nc(OCC(=O)O)cc1-c1ccncn1. The molecule has 0 saturated heterocycles.